The van der Waals surface area contributed by atoms with E-state index in [0.717, 1.165) is 24.1 Å². The molecule has 0 heterocycles. The number of fused-ring (bicyclic) bond motifs is 1. The highest BCUT2D eigenvalue weighted by Crippen LogP contribution is 2.30. The predicted molar refractivity (Wildman–Crippen MR) is 112 cm³/mol. The first-order valence-corrected chi connectivity index (χ1v) is 9.90. The van der Waals surface area contributed by atoms with Crippen LogP contribution in [0.5, 0.6) is 0 Å². The van der Waals surface area contributed by atoms with Crippen molar-refractivity contribution in [2.24, 2.45) is 0 Å². The second kappa shape index (κ2) is 8.31. The Bertz CT molecular complexity index is 1230. The summed E-state index contributed by atoms with van der Waals surface area (Å²) in [5.41, 5.74) is 3.20. The van der Waals surface area contributed by atoms with Gasteiger partial charge in [0.15, 0.2) is 11.6 Å². The molecule has 0 unspecified atom stereocenters. The van der Waals surface area contributed by atoms with E-state index in [0.29, 0.717) is 45.9 Å². The van der Waals surface area contributed by atoms with E-state index in [1.807, 2.05) is 13.0 Å². The van der Waals surface area contributed by atoms with Crippen molar-refractivity contribution in [2.45, 2.75) is 26.2 Å². The minimum Gasteiger partial charge on any atom is -0.206 e. The summed E-state index contributed by atoms with van der Waals surface area (Å²) in [5, 5.41) is 1.13. The Labute approximate surface area is 172 Å². The van der Waals surface area contributed by atoms with Gasteiger partial charge in [0.2, 0.25) is 0 Å². The molecular weight excluding hydrogens is 388 g/mol. The lowest BCUT2D eigenvalue weighted by atomic mass is 9.96. The van der Waals surface area contributed by atoms with Gasteiger partial charge < -0.3 is 0 Å². The summed E-state index contributed by atoms with van der Waals surface area (Å²) in [6.45, 7) is 1.97. The molecule has 0 aliphatic rings. The van der Waals surface area contributed by atoms with E-state index in [-0.39, 0.29) is 11.6 Å². The molecule has 0 nitrogen and oxygen atoms in total. The maximum absolute atomic E-state index is 15.0. The van der Waals surface area contributed by atoms with Crippen LogP contribution in [0.15, 0.2) is 66.7 Å². The summed E-state index contributed by atoms with van der Waals surface area (Å²) in [7, 11) is 0. The second-order valence-corrected chi connectivity index (χ2v) is 7.39. The first-order valence-electron chi connectivity index (χ1n) is 9.90. The Hall–Kier alpha value is -3.14. The van der Waals surface area contributed by atoms with E-state index in [9.17, 15) is 13.2 Å². The molecule has 4 heteroatoms. The molecule has 0 amide bonds. The summed E-state index contributed by atoms with van der Waals surface area (Å²) in [4.78, 5) is 0. The van der Waals surface area contributed by atoms with E-state index in [2.05, 4.69) is 0 Å². The van der Waals surface area contributed by atoms with Gasteiger partial charge in [-0.15, -0.1) is 0 Å². The van der Waals surface area contributed by atoms with Gasteiger partial charge in [-0.3, -0.25) is 0 Å². The number of hydrogen-bond acceptors (Lipinski definition) is 0. The van der Waals surface area contributed by atoms with Gasteiger partial charge in [0, 0.05) is 10.9 Å². The molecule has 0 radical (unpaired) electrons. The number of aryl methyl sites for hydroxylation is 3. The fourth-order valence-corrected chi connectivity index (χ4v) is 3.68. The van der Waals surface area contributed by atoms with Crippen molar-refractivity contribution in [3.05, 3.63) is 107 Å². The quantitative estimate of drug-likeness (QED) is 0.302. The lowest BCUT2D eigenvalue weighted by Gasteiger charge is -2.10. The van der Waals surface area contributed by atoms with Crippen molar-refractivity contribution in [1.82, 2.24) is 0 Å². The molecule has 0 spiro atoms. The van der Waals surface area contributed by atoms with E-state index in [4.69, 9.17) is 0 Å². The molecule has 152 valence electrons. The average Bonchev–Trinajstić information content (AvgIpc) is 2.75. The zero-order chi connectivity index (χ0) is 21.3. The summed E-state index contributed by atoms with van der Waals surface area (Å²) < 4.78 is 55.9. The van der Waals surface area contributed by atoms with Gasteiger partial charge in [-0.2, -0.15) is 0 Å². The minimum atomic E-state index is -0.904. The fraction of sp³-hybridized carbons (Fsp3) is 0.154. The first kappa shape index (κ1) is 20.1. The van der Waals surface area contributed by atoms with Gasteiger partial charge in [-0.25, -0.2) is 17.6 Å². The molecule has 0 fully saturated rings. The molecule has 0 aromatic heterocycles. The Morgan fingerprint density at radius 2 is 1.40 bits per heavy atom. The molecule has 0 aliphatic carbocycles. The summed E-state index contributed by atoms with van der Waals surface area (Å²) >= 11 is 0. The topological polar surface area (TPSA) is 0 Å². The van der Waals surface area contributed by atoms with Crippen molar-refractivity contribution in [1.29, 1.82) is 0 Å². The van der Waals surface area contributed by atoms with Crippen LogP contribution in [0.25, 0.3) is 21.9 Å². The molecule has 0 atom stereocenters. The van der Waals surface area contributed by atoms with Crippen molar-refractivity contribution in [3.63, 3.8) is 0 Å². The van der Waals surface area contributed by atoms with Crippen LogP contribution in [-0.2, 0) is 19.3 Å². The molecule has 0 N–H and O–H groups in total. The molecule has 0 saturated carbocycles. The third kappa shape index (κ3) is 3.95. The maximum atomic E-state index is 15.0. The van der Waals surface area contributed by atoms with Crippen molar-refractivity contribution in [3.8, 4) is 11.1 Å². The van der Waals surface area contributed by atoms with E-state index < -0.39 is 11.6 Å². The largest absolute Gasteiger partial charge is 0.206 e. The first-order chi connectivity index (χ1) is 14.5. The van der Waals surface area contributed by atoms with Crippen LogP contribution < -0.4 is 0 Å². The van der Waals surface area contributed by atoms with Crippen LogP contribution in [0.3, 0.4) is 0 Å². The predicted octanol–water partition coefficient (Wildman–Crippen LogP) is 7.41. The highest BCUT2D eigenvalue weighted by molar-refractivity contribution is 5.88. The van der Waals surface area contributed by atoms with Gasteiger partial charge in [-0.05, 0) is 71.2 Å². The summed E-state index contributed by atoms with van der Waals surface area (Å²) in [6, 6.07) is 17.5. The number of benzene rings is 4. The summed E-state index contributed by atoms with van der Waals surface area (Å²) in [6.07, 6.45) is 1.52. The van der Waals surface area contributed by atoms with Crippen LogP contribution in [0.4, 0.5) is 17.6 Å². The summed E-state index contributed by atoms with van der Waals surface area (Å²) in [5.74, 6) is -2.44. The van der Waals surface area contributed by atoms with Gasteiger partial charge in [0.05, 0.1) is 0 Å². The van der Waals surface area contributed by atoms with Gasteiger partial charge >= 0.3 is 0 Å². The number of rotatable bonds is 5. The van der Waals surface area contributed by atoms with Crippen molar-refractivity contribution >= 4 is 10.8 Å². The Balaban J connectivity index is 1.61. The lowest BCUT2D eigenvalue weighted by Crippen LogP contribution is -1.97. The van der Waals surface area contributed by atoms with E-state index in [1.165, 1.54) is 12.1 Å². The molecule has 4 rings (SSSR count). The zero-order valence-electron chi connectivity index (χ0n) is 16.5. The van der Waals surface area contributed by atoms with E-state index in [1.54, 1.807) is 36.4 Å². The number of halogens is 4. The van der Waals surface area contributed by atoms with Gasteiger partial charge in [0.1, 0.15) is 11.6 Å². The third-order valence-electron chi connectivity index (χ3n) is 5.45. The van der Waals surface area contributed by atoms with Crippen LogP contribution in [-0.4, -0.2) is 0 Å². The smallest absolute Gasteiger partial charge is 0.159 e. The molecule has 0 saturated heterocycles. The highest BCUT2D eigenvalue weighted by Gasteiger charge is 2.12. The monoisotopic (exact) mass is 408 g/mol. The van der Waals surface area contributed by atoms with Crippen molar-refractivity contribution < 1.29 is 17.6 Å². The van der Waals surface area contributed by atoms with Crippen LogP contribution in [0.1, 0.15) is 23.6 Å². The normalized spacial score (nSPS) is 11.2. The van der Waals surface area contributed by atoms with E-state index >= 15 is 4.39 Å². The Kier molecular flexibility index (Phi) is 5.58. The van der Waals surface area contributed by atoms with Crippen molar-refractivity contribution in [2.75, 3.05) is 0 Å². The third-order valence-corrected chi connectivity index (χ3v) is 5.45. The standard InChI is InChI=1S/C26H20F4/c1-2-16-4-10-21(24(28)13-16)19-9-11-22-20(15-19)8-7-18(26(22)30)6-3-17-5-12-23(27)25(29)14-17/h4-5,7-15H,2-3,6H2,1H3. The van der Waals surface area contributed by atoms with Crippen LogP contribution in [0, 0.1) is 23.3 Å². The fourth-order valence-electron chi connectivity index (χ4n) is 3.68. The minimum absolute atomic E-state index is 0.294. The Morgan fingerprint density at radius 1 is 0.633 bits per heavy atom. The molecular formula is C26H20F4. The highest BCUT2D eigenvalue weighted by atomic mass is 19.2. The maximum Gasteiger partial charge on any atom is 0.159 e. The lowest BCUT2D eigenvalue weighted by molar-refractivity contribution is 0.507. The molecule has 4 aromatic carbocycles. The van der Waals surface area contributed by atoms with Gasteiger partial charge in [0.25, 0.3) is 0 Å². The van der Waals surface area contributed by atoms with Crippen LogP contribution in [0.2, 0.25) is 0 Å². The Morgan fingerprint density at radius 3 is 2.13 bits per heavy atom. The molecule has 0 aliphatic heterocycles. The van der Waals surface area contributed by atoms with Gasteiger partial charge in [-0.1, -0.05) is 49.4 Å². The second-order valence-electron chi connectivity index (χ2n) is 7.39. The van der Waals surface area contributed by atoms with Crippen LogP contribution >= 0.6 is 0 Å². The SMILES string of the molecule is CCc1ccc(-c2ccc3c(F)c(CCc4ccc(F)c(F)c4)ccc3c2)c(F)c1. The molecule has 30 heavy (non-hydrogen) atoms. The molecule has 0 bridgehead atoms. The molecule has 4 aromatic rings. The number of hydrogen-bond donors (Lipinski definition) is 0. The average molecular weight is 408 g/mol. The zero-order valence-corrected chi connectivity index (χ0v) is 16.5.